The average Bonchev–Trinajstić information content (AvgIpc) is 2.45. The van der Waals surface area contributed by atoms with E-state index in [0.29, 0.717) is 0 Å². The fraction of sp³-hybridized carbons (Fsp3) is 0.357. The van der Waals surface area contributed by atoms with Gasteiger partial charge in [-0.25, -0.2) is 9.18 Å². The molecule has 0 amide bonds. The molecular weight excluding hydrogens is 283 g/mol. The number of carbonyl (C=O) groups is 1. The van der Waals surface area contributed by atoms with Crippen molar-refractivity contribution in [3.8, 4) is 12.1 Å². The minimum Gasteiger partial charge on any atom is -0.465 e. The second kappa shape index (κ2) is 6.88. The highest BCUT2D eigenvalue weighted by Gasteiger charge is 2.44. The second-order valence-corrected chi connectivity index (χ2v) is 4.57. The maximum Gasteiger partial charge on any atom is 0.331 e. The van der Waals surface area contributed by atoms with Crippen molar-refractivity contribution >= 4 is 17.6 Å². The Kier molecular flexibility index (Phi) is 5.49. The van der Waals surface area contributed by atoms with Crippen molar-refractivity contribution in [2.45, 2.75) is 24.1 Å². The fourth-order valence-corrected chi connectivity index (χ4v) is 2.01. The van der Waals surface area contributed by atoms with Gasteiger partial charge in [-0.05, 0) is 24.6 Å². The van der Waals surface area contributed by atoms with Crippen LogP contribution in [0.4, 0.5) is 4.39 Å². The zero-order valence-electron chi connectivity index (χ0n) is 10.8. The molecule has 0 radical (unpaired) electrons. The summed E-state index contributed by atoms with van der Waals surface area (Å²) in [5.41, 5.74) is -1.47. The van der Waals surface area contributed by atoms with Crippen LogP contribution in [-0.2, 0) is 14.9 Å². The topological polar surface area (TPSA) is 73.9 Å². The Labute approximate surface area is 121 Å². The highest BCUT2D eigenvalue weighted by atomic mass is 35.5. The average molecular weight is 295 g/mol. The molecule has 0 heterocycles. The fourth-order valence-electron chi connectivity index (χ4n) is 1.78. The molecule has 4 nitrogen and oxygen atoms in total. The predicted octanol–water partition coefficient (Wildman–Crippen LogP) is 2.67. The number of hydrogen-bond donors (Lipinski definition) is 0. The summed E-state index contributed by atoms with van der Waals surface area (Å²) in [6.07, 6.45) is -0.230. The van der Waals surface area contributed by atoms with Gasteiger partial charge in [0, 0.05) is 6.42 Å². The van der Waals surface area contributed by atoms with Crippen LogP contribution in [0.1, 0.15) is 18.9 Å². The molecule has 0 aliphatic carbocycles. The van der Waals surface area contributed by atoms with Crippen LogP contribution in [0.25, 0.3) is 0 Å². The van der Waals surface area contributed by atoms with E-state index < -0.39 is 22.6 Å². The molecule has 2 atom stereocenters. The first-order chi connectivity index (χ1) is 9.50. The van der Waals surface area contributed by atoms with E-state index in [1.54, 1.807) is 13.0 Å². The minimum absolute atomic E-state index is 0.0863. The molecule has 104 valence electrons. The third-order valence-electron chi connectivity index (χ3n) is 2.78. The van der Waals surface area contributed by atoms with Gasteiger partial charge in [-0.15, -0.1) is 11.6 Å². The van der Waals surface area contributed by atoms with Gasteiger partial charge in [0.2, 0.25) is 0 Å². The van der Waals surface area contributed by atoms with Gasteiger partial charge in [-0.1, -0.05) is 12.1 Å². The molecule has 0 unspecified atom stereocenters. The van der Waals surface area contributed by atoms with Crippen molar-refractivity contribution in [1.82, 2.24) is 0 Å². The van der Waals surface area contributed by atoms with Crippen LogP contribution in [0.2, 0.25) is 0 Å². The second-order valence-electron chi connectivity index (χ2n) is 4.05. The molecule has 0 aromatic heterocycles. The van der Waals surface area contributed by atoms with E-state index >= 15 is 0 Å². The Bertz CT molecular complexity index is 562. The number of benzene rings is 1. The van der Waals surface area contributed by atoms with Gasteiger partial charge in [0.25, 0.3) is 0 Å². The SMILES string of the molecule is CCOC(=O)[C@](C#N)(C[C@H](Cl)C#N)c1ccc(F)cc1. The first-order valence-corrected chi connectivity index (χ1v) is 6.32. The van der Waals surface area contributed by atoms with Gasteiger partial charge in [0.1, 0.15) is 11.2 Å². The molecule has 0 saturated heterocycles. The maximum atomic E-state index is 13.0. The maximum absolute atomic E-state index is 13.0. The van der Waals surface area contributed by atoms with E-state index in [1.807, 2.05) is 6.07 Å². The number of ether oxygens (including phenoxy) is 1. The number of nitriles is 2. The number of alkyl halides is 1. The highest BCUT2D eigenvalue weighted by Crippen LogP contribution is 2.32. The number of halogens is 2. The van der Waals surface area contributed by atoms with Crippen molar-refractivity contribution in [3.05, 3.63) is 35.6 Å². The largest absolute Gasteiger partial charge is 0.465 e. The Morgan fingerprint density at radius 2 is 2.05 bits per heavy atom. The summed E-state index contributed by atoms with van der Waals surface area (Å²) < 4.78 is 17.9. The molecule has 0 aliphatic heterocycles. The van der Waals surface area contributed by atoms with Crippen LogP contribution >= 0.6 is 11.6 Å². The van der Waals surface area contributed by atoms with E-state index in [-0.39, 0.29) is 18.6 Å². The lowest BCUT2D eigenvalue weighted by Gasteiger charge is -2.25. The van der Waals surface area contributed by atoms with Crippen LogP contribution in [0.5, 0.6) is 0 Å². The van der Waals surface area contributed by atoms with E-state index in [9.17, 15) is 14.4 Å². The molecular formula is C14H12ClFN2O2. The predicted molar refractivity (Wildman–Crippen MR) is 70.2 cm³/mol. The van der Waals surface area contributed by atoms with Crippen LogP contribution in [0.15, 0.2) is 24.3 Å². The summed E-state index contributed by atoms with van der Waals surface area (Å²) >= 11 is 5.76. The molecule has 0 N–H and O–H groups in total. The Morgan fingerprint density at radius 1 is 1.45 bits per heavy atom. The van der Waals surface area contributed by atoms with Gasteiger partial charge in [-0.3, -0.25) is 0 Å². The zero-order valence-corrected chi connectivity index (χ0v) is 11.5. The zero-order chi connectivity index (χ0) is 15.2. The number of hydrogen-bond acceptors (Lipinski definition) is 4. The van der Waals surface area contributed by atoms with Gasteiger partial charge < -0.3 is 4.74 Å². The Balaban J connectivity index is 3.31. The molecule has 1 rings (SSSR count). The number of esters is 1. The number of nitrogens with zero attached hydrogens (tertiary/aromatic N) is 2. The monoisotopic (exact) mass is 294 g/mol. The van der Waals surface area contributed by atoms with Crippen LogP contribution in [-0.4, -0.2) is 18.0 Å². The van der Waals surface area contributed by atoms with Crippen molar-refractivity contribution < 1.29 is 13.9 Å². The molecule has 0 bridgehead atoms. The third-order valence-corrected chi connectivity index (χ3v) is 3.03. The summed E-state index contributed by atoms with van der Waals surface area (Å²) in [7, 11) is 0. The minimum atomic E-state index is -1.72. The van der Waals surface area contributed by atoms with Crippen molar-refractivity contribution in [2.24, 2.45) is 0 Å². The van der Waals surface area contributed by atoms with Crippen LogP contribution < -0.4 is 0 Å². The lowest BCUT2D eigenvalue weighted by Crippen LogP contribution is -2.38. The number of rotatable bonds is 5. The molecule has 6 heteroatoms. The Morgan fingerprint density at radius 3 is 2.50 bits per heavy atom. The van der Waals surface area contributed by atoms with Gasteiger partial charge in [0.15, 0.2) is 5.41 Å². The van der Waals surface area contributed by atoms with Gasteiger partial charge in [-0.2, -0.15) is 10.5 Å². The normalized spacial score (nSPS) is 14.4. The van der Waals surface area contributed by atoms with E-state index in [1.165, 1.54) is 12.1 Å². The lowest BCUT2D eigenvalue weighted by atomic mass is 9.78. The first kappa shape index (κ1) is 15.9. The molecule has 0 spiro atoms. The van der Waals surface area contributed by atoms with E-state index in [2.05, 4.69) is 0 Å². The smallest absolute Gasteiger partial charge is 0.331 e. The first-order valence-electron chi connectivity index (χ1n) is 5.88. The van der Waals surface area contributed by atoms with Crippen molar-refractivity contribution in [1.29, 1.82) is 10.5 Å². The number of carbonyl (C=O) groups excluding carboxylic acids is 1. The quantitative estimate of drug-likeness (QED) is 0.618. The van der Waals surface area contributed by atoms with Crippen molar-refractivity contribution in [3.63, 3.8) is 0 Å². The summed E-state index contributed by atoms with van der Waals surface area (Å²) in [6.45, 7) is 1.69. The third kappa shape index (κ3) is 3.26. The highest BCUT2D eigenvalue weighted by molar-refractivity contribution is 6.22. The lowest BCUT2D eigenvalue weighted by molar-refractivity contribution is -0.148. The molecule has 1 aromatic carbocycles. The van der Waals surface area contributed by atoms with E-state index in [0.717, 1.165) is 12.1 Å². The molecule has 1 aromatic rings. The molecule has 0 saturated carbocycles. The van der Waals surface area contributed by atoms with Gasteiger partial charge >= 0.3 is 5.97 Å². The van der Waals surface area contributed by atoms with Gasteiger partial charge in [0.05, 0.1) is 18.7 Å². The van der Waals surface area contributed by atoms with Crippen molar-refractivity contribution in [2.75, 3.05) is 6.61 Å². The Hall–Kier alpha value is -2.11. The molecule has 20 heavy (non-hydrogen) atoms. The standard InChI is InChI=1S/C14H12ClFN2O2/c1-2-20-13(19)14(9-18,7-11(15)8-17)10-3-5-12(16)6-4-10/h3-6,11H,2,7H2,1H3/t11-,14-/m0/s1. The van der Waals surface area contributed by atoms with Crippen LogP contribution in [0, 0.1) is 28.5 Å². The van der Waals surface area contributed by atoms with Crippen LogP contribution in [0.3, 0.4) is 0 Å². The molecule has 0 aliphatic rings. The summed E-state index contributed by atoms with van der Waals surface area (Å²) in [5, 5.41) is 17.2. The summed E-state index contributed by atoms with van der Waals surface area (Å²) in [5.74, 6) is -1.29. The van der Waals surface area contributed by atoms with E-state index in [4.69, 9.17) is 21.6 Å². The summed E-state index contributed by atoms with van der Waals surface area (Å²) in [4.78, 5) is 12.1. The summed E-state index contributed by atoms with van der Waals surface area (Å²) in [6, 6.07) is 8.54. The molecule has 0 fully saturated rings.